The minimum absolute atomic E-state index is 0.330. The molecule has 0 radical (unpaired) electrons. The third-order valence-corrected chi connectivity index (χ3v) is 7.04. The number of piperidine rings is 1. The summed E-state index contributed by atoms with van der Waals surface area (Å²) in [6.45, 7) is 4.47. The number of rotatable bonds is 3. The summed E-state index contributed by atoms with van der Waals surface area (Å²) in [5.41, 5.74) is 5.94. The highest BCUT2D eigenvalue weighted by Crippen LogP contribution is 2.60. The SMILES string of the molecule is Cc1cccc(C2SC3(CCNCC3)c3ccccc32)c1.O=C(O)C=CC(=O)O. The van der Waals surface area contributed by atoms with Gasteiger partial charge in [-0.05, 0) is 49.5 Å². The molecule has 2 aliphatic rings. The van der Waals surface area contributed by atoms with Crippen molar-refractivity contribution in [2.45, 2.75) is 29.8 Å². The maximum Gasteiger partial charge on any atom is 0.328 e. The topological polar surface area (TPSA) is 86.6 Å². The highest BCUT2D eigenvalue weighted by molar-refractivity contribution is 8.01. The number of carboxylic acids is 2. The van der Waals surface area contributed by atoms with Gasteiger partial charge in [0.25, 0.3) is 0 Å². The summed E-state index contributed by atoms with van der Waals surface area (Å²) in [6, 6.07) is 18.1. The summed E-state index contributed by atoms with van der Waals surface area (Å²) in [6.07, 6.45) is 3.61. The van der Waals surface area contributed by atoms with E-state index in [1.165, 1.54) is 29.5 Å². The van der Waals surface area contributed by atoms with Crippen LogP contribution in [0.5, 0.6) is 0 Å². The smallest absolute Gasteiger partial charge is 0.328 e. The molecule has 5 nitrogen and oxygen atoms in total. The minimum atomic E-state index is -1.26. The average molecular weight is 412 g/mol. The summed E-state index contributed by atoms with van der Waals surface area (Å²) < 4.78 is 0.330. The number of benzene rings is 2. The number of aryl methyl sites for hydroxylation is 1. The Balaban J connectivity index is 0.000000258. The van der Waals surface area contributed by atoms with Crippen molar-refractivity contribution in [3.05, 3.63) is 82.9 Å². The molecule has 0 amide bonds. The highest BCUT2D eigenvalue weighted by atomic mass is 32.2. The lowest BCUT2D eigenvalue weighted by molar-refractivity contribution is -0.134. The van der Waals surface area contributed by atoms with Gasteiger partial charge in [0.1, 0.15) is 0 Å². The zero-order valence-corrected chi connectivity index (χ0v) is 17.1. The molecule has 1 atom stereocenters. The predicted octanol–water partition coefficient (Wildman–Crippen LogP) is 4.12. The molecule has 0 aliphatic carbocycles. The molecule has 4 rings (SSSR count). The Morgan fingerprint density at radius 3 is 2.31 bits per heavy atom. The standard InChI is InChI=1S/C19H21NS.C4H4O4/c1-14-5-4-6-15(13-14)18-16-7-2-3-8-17(16)19(21-18)9-11-20-12-10-19;5-3(6)1-2-4(7)8/h2-8,13,18,20H,9-12H2,1H3;1-2H,(H,5,6)(H,7,8). The van der Waals surface area contributed by atoms with E-state index in [2.05, 4.69) is 72.5 Å². The molecule has 0 aromatic heterocycles. The van der Waals surface area contributed by atoms with Gasteiger partial charge in [-0.1, -0.05) is 54.1 Å². The number of nitrogens with one attached hydrogen (secondary N) is 1. The summed E-state index contributed by atoms with van der Waals surface area (Å²) in [5.74, 6) is -2.51. The fraction of sp³-hybridized carbons (Fsp3) is 0.304. The molecule has 29 heavy (non-hydrogen) atoms. The van der Waals surface area contributed by atoms with Crippen LogP contribution >= 0.6 is 11.8 Å². The van der Waals surface area contributed by atoms with E-state index in [9.17, 15) is 9.59 Å². The summed E-state index contributed by atoms with van der Waals surface area (Å²) >= 11 is 2.18. The zero-order chi connectivity index (χ0) is 20.9. The molecule has 152 valence electrons. The van der Waals surface area contributed by atoms with Crippen LogP contribution in [-0.2, 0) is 14.3 Å². The van der Waals surface area contributed by atoms with Gasteiger partial charge in [0.2, 0.25) is 0 Å². The Labute approximate surface area is 174 Å². The van der Waals surface area contributed by atoms with Gasteiger partial charge >= 0.3 is 11.9 Å². The van der Waals surface area contributed by atoms with Crippen LogP contribution in [0, 0.1) is 6.92 Å². The molecule has 6 heteroatoms. The second-order valence-corrected chi connectivity index (χ2v) is 8.74. The maximum absolute atomic E-state index is 9.55. The first-order valence-electron chi connectivity index (χ1n) is 9.60. The summed E-state index contributed by atoms with van der Waals surface area (Å²) in [7, 11) is 0. The lowest BCUT2D eigenvalue weighted by atomic mass is 9.85. The number of hydrogen-bond donors (Lipinski definition) is 3. The molecule has 2 aromatic rings. The maximum atomic E-state index is 9.55. The van der Waals surface area contributed by atoms with Crippen LogP contribution in [0.25, 0.3) is 0 Å². The second kappa shape index (κ2) is 9.29. The fourth-order valence-electron chi connectivity index (χ4n) is 3.93. The molecule has 1 saturated heterocycles. The summed E-state index contributed by atoms with van der Waals surface area (Å²) in [5, 5.41) is 19.6. The monoisotopic (exact) mass is 411 g/mol. The van der Waals surface area contributed by atoms with Crippen LogP contribution in [0.4, 0.5) is 0 Å². The Bertz CT molecular complexity index is 903. The Morgan fingerprint density at radius 1 is 1.03 bits per heavy atom. The Kier molecular flexibility index (Phi) is 6.77. The van der Waals surface area contributed by atoms with E-state index >= 15 is 0 Å². The van der Waals surface area contributed by atoms with Crippen LogP contribution in [0.2, 0.25) is 0 Å². The van der Waals surface area contributed by atoms with E-state index in [1.54, 1.807) is 5.56 Å². The molecule has 1 unspecified atom stereocenters. The number of fused-ring (bicyclic) bond motifs is 2. The molecule has 3 N–H and O–H groups in total. The Hall–Kier alpha value is -2.57. The third kappa shape index (κ3) is 5.08. The molecule has 0 bridgehead atoms. The second-order valence-electron chi connectivity index (χ2n) is 7.25. The number of hydrogen-bond acceptors (Lipinski definition) is 4. The molecular weight excluding hydrogens is 386 g/mol. The van der Waals surface area contributed by atoms with E-state index < -0.39 is 11.9 Å². The molecule has 1 spiro atoms. The van der Waals surface area contributed by atoms with Crippen molar-refractivity contribution in [3.63, 3.8) is 0 Å². The van der Waals surface area contributed by atoms with Gasteiger partial charge < -0.3 is 15.5 Å². The predicted molar refractivity (Wildman–Crippen MR) is 115 cm³/mol. The normalized spacial score (nSPS) is 19.4. The number of thioether (sulfide) groups is 1. The number of carboxylic acid groups (broad SMARTS) is 2. The van der Waals surface area contributed by atoms with Crippen molar-refractivity contribution >= 4 is 23.7 Å². The fourth-order valence-corrected chi connectivity index (χ4v) is 5.75. The van der Waals surface area contributed by atoms with Crippen LogP contribution in [0.1, 0.15) is 40.3 Å². The average Bonchev–Trinajstić information content (AvgIpc) is 3.02. The third-order valence-electron chi connectivity index (χ3n) is 5.20. The number of aliphatic carboxylic acids is 2. The van der Waals surface area contributed by atoms with E-state index in [-0.39, 0.29) is 0 Å². The van der Waals surface area contributed by atoms with Gasteiger partial charge in [-0.2, -0.15) is 0 Å². The molecule has 2 aromatic carbocycles. The van der Waals surface area contributed by atoms with Gasteiger partial charge in [-0.15, -0.1) is 11.8 Å². The van der Waals surface area contributed by atoms with Crippen molar-refractivity contribution in [2.75, 3.05) is 13.1 Å². The number of carbonyl (C=O) groups is 2. The highest BCUT2D eigenvalue weighted by Gasteiger charge is 2.45. The van der Waals surface area contributed by atoms with Gasteiger partial charge in [-0.25, -0.2) is 9.59 Å². The van der Waals surface area contributed by atoms with E-state index in [4.69, 9.17) is 10.2 Å². The molecular formula is C23H25NO4S. The van der Waals surface area contributed by atoms with Gasteiger partial charge in [0.15, 0.2) is 0 Å². The quantitative estimate of drug-likeness (QED) is 0.659. The lowest BCUT2D eigenvalue weighted by Crippen LogP contribution is -2.36. The van der Waals surface area contributed by atoms with Crippen molar-refractivity contribution in [1.29, 1.82) is 0 Å². The first kappa shape index (κ1) is 21.1. The largest absolute Gasteiger partial charge is 0.478 e. The van der Waals surface area contributed by atoms with Gasteiger partial charge in [0.05, 0.1) is 5.25 Å². The van der Waals surface area contributed by atoms with Crippen molar-refractivity contribution in [3.8, 4) is 0 Å². The van der Waals surface area contributed by atoms with Crippen LogP contribution in [-0.4, -0.2) is 35.2 Å². The zero-order valence-electron chi connectivity index (χ0n) is 16.3. The van der Waals surface area contributed by atoms with Gasteiger partial charge in [-0.3, -0.25) is 0 Å². The minimum Gasteiger partial charge on any atom is -0.478 e. The van der Waals surface area contributed by atoms with Crippen molar-refractivity contribution in [2.24, 2.45) is 0 Å². The Morgan fingerprint density at radius 2 is 1.69 bits per heavy atom. The first-order valence-corrected chi connectivity index (χ1v) is 10.5. The van der Waals surface area contributed by atoms with Crippen LogP contribution < -0.4 is 5.32 Å². The molecule has 0 saturated carbocycles. The van der Waals surface area contributed by atoms with Crippen molar-refractivity contribution < 1.29 is 19.8 Å². The van der Waals surface area contributed by atoms with Crippen LogP contribution in [0.15, 0.2) is 60.7 Å². The van der Waals surface area contributed by atoms with E-state index in [0.717, 1.165) is 13.1 Å². The molecule has 2 aliphatic heterocycles. The van der Waals surface area contributed by atoms with Crippen molar-refractivity contribution in [1.82, 2.24) is 5.32 Å². The summed E-state index contributed by atoms with van der Waals surface area (Å²) in [4.78, 5) is 19.1. The first-order chi connectivity index (χ1) is 13.9. The van der Waals surface area contributed by atoms with E-state index in [0.29, 0.717) is 22.1 Å². The molecule has 2 heterocycles. The van der Waals surface area contributed by atoms with Gasteiger partial charge in [0, 0.05) is 16.9 Å². The lowest BCUT2D eigenvalue weighted by Gasteiger charge is -2.34. The van der Waals surface area contributed by atoms with Crippen LogP contribution in [0.3, 0.4) is 0 Å². The van der Waals surface area contributed by atoms with E-state index in [1.807, 2.05) is 0 Å². The molecule has 1 fully saturated rings.